The molecule has 0 aromatic carbocycles. The van der Waals surface area contributed by atoms with Gasteiger partial charge in [-0.25, -0.2) is 0 Å². The summed E-state index contributed by atoms with van der Waals surface area (Å²) < 4.78 is 5.33. The fraction of sp³-hybridized carbons (Fsp3) is 0.625. The van der Waals surface area contributed by atoms with Crippen LogP contribution in [-0.4, -0.2) is 34.8 Å². The second-order valence-corrected chi connectivity index (χ2v) is 6.42. The van der Waals surface area contributed by atoms with Crippen LogP contribution in [-0.2, 0) is 16.0 Å². The number of hydrogen-bond acceptors (Lipinski definition) is 3. The van der Waals surface area contributed by atoms with Crippen molar-refractivity contribution in [3.63, 3.8) is 0 Å². The van der Waals surface area contributed by atoms with Gasteiger partial charge in [-0.05, 0) is 51.2 Å². The fourth-order valence-electron chi connectivity index (χ4n) is 3.16. The molecule has 1 aliphatic carbocycles. The Morgan fingerprint density at radius 1 is 1.48 bits per heavy atom. The third-order valence-corrected chi connectivity index (χ3v) is 4.73. The van der Waals surface area contributed by atoms with E-state index in [2.05, 4.69) is 5.32 Å². The first-order chi connectivity index (χ1) is 10.0. The monoisotopic (exact) mass is 290 g/mol. The average Bonchev–Trinajstić information content (AvgIpc) is 3.18. The van der Waals surface area contributed by atoms with E-state index in [1.807, 2.05) is 26.0 Å². The number of carbonyl (C=O) groups excluding carboxylic acids is 2. The van der Waals surface area contributed by atoms with E-state index < -0.39 is 5.54 Å². The molecule has 1 aromatic rings. The smallest absolute Gasteiger partial charge is 0.249 e. The highest BCUT2D eigenvalue weighted by atomic mass is 16.3. The molecular weight excluding hydrogens is 268 g/mol. The first-order valence-corrected chi connectivity index (χ1v) is 7.65. The Morgan fingerprint density at radius 2 is 2.24 bits per heavy atom. The van der Waals surface area contributed by atoms with Crippen LogP contribution in [0.5, 0.6) is 0 Å². The zero-order valence-corrected chi connectivity index (χ0v) is 12.6. The molecular formula is C16H22N2O3. The molecule has 5 heteroatoms. The molecule has 21 heavy (non-hydrogen) atoms. The molecule has 2 atom stereocenters. The topological polar surface area (TPSA) is 62.6 Å². The number of hydrogen-bond donors (Lipinski definition) is 1. The van der Waals surface area contributed by atoms with Crippen LogP contribution < -0.4 is 5.32 Å². The molecule has 0 radical (unpaired) electrons. The Balaban J connectivity index is 1.67. The zero-order valence-electron chi connectivity index (χ0n) is 12.6. The number of amides is 2. The van der Waals surface area contributed by atoms with E-state index in [1.165, 1.54) is 0 Å². The van der Waals surface area contributed by atoms with Gasteiger partial charge in [0.1, 0.15) is 11.3 Å². The lowest BCUT2D eigenvalue weighted by Gasteiger charge is -2.42. The molecule has 1 aromatic heterocycles. The van der Waals surface area contributed by atoms with Gasteiger partial charge in [-0.2, -0.15) is 0 Å². The van der Waals surface area contributed by atoms with Crippen molar-refractivity contribution in [3.05, 3.63) is 24.2 Å². The van der Waals surface area contributed by atoms with Crippen molar-refractivity contribution in [1.82, 2.24) is 10.2 Å². The third kappa shape index (κ3) is 2.69. The molecule has 2 unspecified atom stereocenters. The minimum atomic E-state index is -0.700. The van der Waals surface area contributed by atoms with Gasteiger partial charge in [0.2, 0.25) is 11.8 Å². The highest BCUT2D eigenvalue weighted by Crippen LogP contribution is 2.41. The van der Waals surface area contributed by atoms with E-state index in [0.29, 0.717) is 5.92 Å². The van der Waals surface area contributed by atoms with Crippen molar-refractivity contribution in [3.8, 4) is 0 Å². The second-order valence-electron chi connectivity index (χ2n) is 6.42. The molecule has 5 nitrogen and oxygen atoms in total. The van der Waals surface area contributed by atoms with Gasteiger partial charge in [-0.1, -0.05) is 0 Å². The molecule has 0 spiro atoms. The van der Waals surface area contributed by atoms with Crippen LogP contribution in [0, 0.1) is 5.92 Å². The Hall–Kier alpha value is -1.78. The van der Waals surface area contributed by atoms with Gasteiger partial charge in [0, 0.05) is 12.5 Å². The molecule has 1 saturated heterocycles. The van der Waals surface area contributed by atoms with Gasteiger partial charge in [-0.15, -0.1) is 0 Å². The first kappa shape index (κ1) is 14.2. The van der Waals surface area contributed by atoms with Crippen molar-refractivity contribution in [1.29, 1.82) is 0 Å². The molecule has 114 valence electrons. The summed E-state index contributed by atoms with van der Waals surface area (Å²) in [5.41, 5.74) is -0.700. The van der Waals surface area contributed by atoms with E-state index in [-0.39, 0.29) is 24.4 Å². The second kappa shape index (κ2) is 5.20. The number of carbonyl (C=O) groups is 2. The van der Waals surface area contributed by atoms with Crippen LogP contribution in [0.1, 0.15) is 38.9 Å². The van der Waals surface area contributed by atoms with Gasteiger partial charge >= 0.3 is 0 Å². The standard InChI is InChI=1S/C16H22N2O3/c1-11(5-8-13-4-3-9-21-13)18-10-14(19)17-16(2,15(18)20)12-6-7-12/h3-4,9,11-12H,5-8,10H2,1-2H3,(H,17,19). The van der Waals surface area contributed by atoms with E-state index in [1.54, 1.807) is 11.2 Å². The van der Waals surface area contributed by atoms with E-state index in [9.17, 15) is 9.59 Å². The van der Waals surface area contributed by atoms with E-state index in [4.69, 9.17) is 4.42 Å². The SMILES string of the molecule is CC(CCc1ccco1)N1CC(=O)NC(C)(C2CC2)C1=O. The maximum atomic E-state index is 12.8. The minimum Gasteiger partial charge on any atom is -0.469 e. The zero-order chi connectivity index (χ0) is 15.0. The molecule has 2 heterocycles. The normalized spacial score (nSPS) is 27.6. The molecule has 1 N–H and O–H groups in total. The van der Waals surface area contributed by atoms with Gasteiger partial charge in [0.25, 0.3) is 0 Å². The summed E-state index contributed by atoms with van der Waals surface area (Å²) in [7, 11) is 0. The summed E-state index contributed by atoms with van der Waals surface area (Å²) in [5, 5.41) is 2.91. The largest absolute Gasteiger partial charge is 0.469 e. The predicted octanol–water partition coefficient (Wildman–Crippen LogP) is 1.73. The molecule has 3 rings (SSSR count). The lowest BCUT2D eigenvalue weighted by atomic mass is 9.90. The molecule has 1 aliphatic heterocycles. The number of rotatable bonds is 5. The van der Waals surface area contributed by atoms with E-state index in [0.717, 1.165) is 31.4 Å². The van der Waals surface area contributed by atoms with Crippen molar-refractivity contribution in [2.24, 2.45) is 5.92 Å². The lowest BCUT2D eigenvalue weighted by Crippen LogP contribution is -2.67. The van der Waals surface area contributed by atoms with Crippen molar-refractivity contribution < 1.29 is 14.0 Å². The molecule has 1 saturated carbocycles. The Labute approximate surface area is 124 Å². The van der Waals surface area contributed by atoms with Crippen LogP contribution in [0.2, 0.25) is 0 Å². The highest BCUT2D eigenvalue weighted by Gasteiger charge is 2.53. The Bertz CT molecular complexity index is 536. The first-order valence-electron chi connectivity index (χ1n) is 7.65. The Morgan fingerprint density at radius 3 is 2.86 bits per heavy atom. The van der Waals surface area contributed by atoms with Crippen LogP contribution >= 0.6 is 0 Å². The third-order valence-electron chi connectivity index (χ3n) is 4.73. The van der Waals surface area contributed by atoms with Gasteiger partial charge in [-0.3, -0.25) is 9.59 Å². The van der Waals surface area contributed by atoms with E-state index >= 15 is 0 Å². The predicted molar refractivity (Wildman–Crippen MR) is 77.5 cm³/mol. The number of piperazine rings is 1. The minimum absolute atomic E-state index is 0.0340. The molecule has 2 amide bonds. The molecule has 2 aliphatic rings. The number of nitrogens with zero attached hydrogens (tertiary/aromatic N) is 1. The van der Waals surface area contributed by atoms with Gasteiger partial charge in [0.05, 0.1) is 12.8 Å². The number of furan rings is 1. The summed E-state index contributed by atoms with van der Waals surface area (Å²) in [5.74, 6) is 1.24. The summed E-state index contributed by atoms with van der Waals surface area (Å²) in [4.78, 5) is 26.5. The Kier molecular flexibility index (Phi) is 3.51. The summed E-state index contributed by atoms with van der Waals surface area (Å²) in [6.07, 6.45) is 5.28. The summed E-state index contributed by atoms with van der Waals surface area (Å²) in [6.45, 7) is 4.05. The van der Waals surface area contributed by atoms with Crippen LogP contribution in [0.3, 0.4) is 0 Å². The van der Waals surface area contributed by atoms with Crippen LogP contribution in [0.25, 0.3) is 0 Å². The number of nitrogens with one attached hydrogen (secondary N) is 1. The number of aryl methyl sites for hydroxylation is 1. The summed E-state index contributed by atoms with van der Waals surface area (Å²) >= 11 is 0. The van der Waals surface area contributed by atoms with Gasteiger partial charge < -0.3 is 14.6 Å². The fourth-order valence-corrected chi connectivity index (χ4v) is 3.16. The van der Waals surface area contributed by atoms with Crippen LogP contribution in [0.4, 0.5) is 0 Å². The highest BCUT2D eigenvalue weighted by molar-refractivity contribution is 5.98. The van der Waals surface area contributed by atoms with Crippen molar-refractivity contribution in [2.45, 2.75) is 51.1 Å². The van der Waals surface area contributed by atoms with Crippen molar-refractivity contribution >= 4 is 11.8 Å². The average molecular weight is 290 g/mol. The van der Waals surface area contributed by atoms with Gasteiger partial charge in [0.15, 0.2) is 0 Å². The maximum Gasteiger partial charge on any atom is 0.249 e. The van der Waals surface area contributed by atoms with Crippen molar-refractivity contribution in [2.75, 3.05) is 6.54 Å². The maximum absolute atomic E-state index is 12.8. The molecule has 0 bridgehead atoms. The quantitative estimate of drug-likeness (QED) is 0.898. The lowest BCUT2D eigenvalue weighted by molar-refractivity contribution is -0.152. The molecule has 2 fully saturated rings. The van der Waals surface area contributed by atoms with Crippen LogP contribution in [0.15, 0.2) is 22.8 Å². The summed E-state index contributed by atoms with van der Waals surface area (Å²) in [6, 6.07) is 3.84.